The number of pyridine rings is 1. The first-order valence-corrected chi connectivity index (χ1v) is 10.3. The maximum atomic E-state index is 12.5. The predicted octanol–water partition coefficient (Wildman–Crippen LogP) is 2.47. The number of aryl methyl sites for hydroxylation is 2. The number of carbonyl (C=O) groups excluding carboxylic acids is 1. The molecule has 2 aromatic rings. The molecule has 2 aliphatic rings. The summed E-state index contributed by atoms with van der Waals surface area (Å²) in [6.07, 6.45) is 4.70. The van der Waals surface area contributed by atoms with Crippen LogP contribution in [-0.2, 0) is 24.2 Å². The highest BCUT2D eigenvalue weighted by Crippen LogP contribution is 2.32. The Labute approximate surface area is 165 Å². The lowest BCUT2D eigenvalue weighted by atomic mass is 10.0. The van der Waals surface area contributed by atoms with E-state index in [9.17, 15) is 4.79 Å². The molecule has 0 unspecified atom stereocenters. The molecule has 0 spiro atoms. The lowest BCUT2D eigenvalue weighted by Gasteiger charge is -2.27. The molecule has 2 saturated heterocycles. The average molecular weight is 387 g/mol. The van der Waals surface area contributed by atoms with E-state index in [2.05, 4.69) is 24.3 Å². The zero-order valence-corrected chi connectivity index (χ0v) is 17.1. The highest BCUT2D eigenvalue weighted by atomic mass is 16.5. The second-order valence-electron chi connectivity index (χ2n) is 7.62. The van der Waals surface area contributed by atoms with E-state index in [4.69, 9.17) is 9.72 Å². The van der Waals surface area contributed by atoms with Crippen molar-refractivity contribution >= 4 is 22.8 Å². The SMILES string of the molecule is CCc1nc2c(cnn2CC)c(NC2CCOCC2)c1CN1CCN(C)C1=O. The second kappa shape index (κ2) is 7.95. The maximum Gasteiger partial charge on any atom is 0.320 e. The Morgan fingerprint density at radius 3 is 2.68 bits per heavy atom. The fourth-order valence-electron chi connectivity index (χ4n) is 4.12. The monoisotopic (exact) mass is 386 g/mol. The second-order valence-corrected chi connectivity index (χ2v) is 7.62. The predicted molar refractivity (Wildman–Crippen MR) is 108 cm³/mol. The van der Waals surface area contributed by atoms with Crippen LogP contribution in [0, 0.1) is 0 Å². The first-order chi connectivity index (χ1) is 13.6. The molecule has 4 heterocycles. The van der Waals surface area contributed by atoms with Crippen molar-refractivity contribution in [3.05, 3.63) is 17.5 Å². The Balaban J connectivity index is 1.78. The number of amides is 2. The molecule has 4 rings (SSSR count). The molecule has 28 heavy (non-hydrogen) atoms. The molecule has 2 fully saturated rings. The normalized spacial score (nSPS) is 18.5. The third-order valence-corrected chi connectivity index (χ3v) is 5.83. The molecular formula is C20H30N6O2. The van der Waals surface area contributed by atoms with Gasteiger partial charge in [0.15, 0.2) is 5.65 Å². The Kier molecular flexibility index (Phi) is 5.39. The van der Waals surface area contributed by atoms with E-state index in [0.29, 0.717) is 12.6 Å². The molecule has 152 valence electrons. The highest BCUT2D eigenvalue weighted by molar-refractivity contribution is 5.92. The Bertz CT molecular complexity index is 858. The molecule has 2 aromatic heterocycles. The number of hydrogen-bond acceptors (Lipinski definition) is 5. The van der Waals surface area contributed by atoms with Crippen LogP contribution in [0.3, 0.4) is 0 Å². The summed E-state index contributed by atoms with van der Waals surface area (Å²) >= 11 is 0. The van der Waals surface area contributed by atoms with Crippen molar-refractivity contribution in [1.29, 1.82) is 0 Å². The summed E-state index contributed by atoms with van der Waals surface area (Å²) in [7, 11) is 1.86. The quantitative estimate of drug-likeness (QED) is 0.825. The van der Waals surface area contributed by atoms with Gasteiger partial charge in [0.2, 0.25) is 0 Å². The van der Waals surface area contributed by atoms with Gasteiger partial charge in [-0.05, 0) is 26.2 Å². The van der Waals surface area contributed by atoms with Crippen LogP contribution in [0.1, 0.15) is 37.9 Å². The number of ether oxygens (including phenoxy) is 1. The van der Waals surface area contributed by atoms with Crippen molar-refractivity contribution in [3.8, 4) is 0 Å². The number of rotatable bonds is 6. The molecule has 0 bridgehead atoms. The zero-order chi connectivity index (χ0) is 19.7. The summed E-state index contributed by atoms with van der Waals surface area (Å²) in [6, 6.07) is 0.452. The molecular weight excluding hydrogens is 356 g/mol. The number of nitrogens with one attached hydrogen (secondary N) is 1. The number of nitrogens with zero attached hydrogens (tertiary/aromatic N) is 5. The molecule has 0 aliphatic carbocycles. The molecule has 2 amide bonds. The molecule has 0 aromatic carbocycles. The van der Waals surface area contributed by atoms with E-state index in [0.717, 1.165) is 80.1 Å². The number of anilines is 1. The van der Waals surface area contributed by atoms with Gasteiger partial charge in [-0.1, -0.05) is 6.92 Å². The van der Waals surface area contributed by atoms with Crippen LogP contribution in [0.2, 0.25) is 0 Å². The topological polar surface area (TPSA) is 75.5 Å². The number of aromatic nitrogens is 3. The summed E-state index contributed by atoms with van der Waals surface area (Å²) in [5.74, 6) is 0. The Hall–Kier alpha value is -2.35. The first kappa shape index (κ1) is 19.0. The van der Waals surface area contributed by atoms with Gasteiger partial charge in [0.25, 0.3) is 0 Å². The number of hydrogen-bond donors (Lipinski definition) is 1. The number of fused-ring (bicyclic) bond motifs is 1. The molecule has 0 saturated carbocycles. The van der Waals surface area contributed by atoms with Crippen molar-refractivity contribution in [1.82, 2.24) is 24.6 Å². The van der Waals surface area contributed by atoms with Crippen LogP contribution in [0.15, 0.2) is 6.20 Å². The molecule has 2 aliphatic heterocycles. The summed E-state index contributed by atoms with van der Waals surface area (Å²) < 4.78 is 7.47. The highest BCUT2D eigenvalue weighted by Gasteiger charge is 2.29. The standard InChI is InChI=1S/C20H30N6O2/c1-4-17-16(13-25-9-8-24(3)20(25)27)18(22-14-6-10-28-11-7-14)15-12-21-26(5-2)19(15)23-17/h12,14H,4-11,13H2,1-3H3,(H,22,23). The Morgan fingerprint density at radius 1 is 1.25 bits per heavy atom. The van der Waals surface area contributed by atoms with Gasteiger partial charge >= 0.3 is 6.03 Å². The van der Waals surface area contributed by atoms with Gasteiger partial charge in [-0.3, -0.25) is 0 Å². The van der Waals surface area contributed by atoms with Crippen LogP contribution in [-0.4, -0.2) is 70.0 Å². The van der Waals surface area contributed by atoms with E-state index in [1.807, 2.05) is 22.8 Å². The van der Waals surface area contributed by atoms with Crippen molar-refractivity contribution in [2.45, 2.75) is 52.2 Å². The maximum absolute atomic E-state index is 12.5. The largest absolute Gasteiger partial charge is 0.381 e. The van der Waals surface area contributed by atoms with Crippen LogP contribution < -0.4 is 5.32 Å². The number of urea groups is 1. The average Bonchev–Trinajstić information content (AvgIpc) is 3.27. The van der Waals surface area contributed by atoms with E-state index in [1.54, 1.807) is 4.90 Å². The number of likely N-dealkylation sites (N-methyl/N-ethyl adjacent to an activating group) is 1. The Morgan fingerprint density at radius 2 is 2.04 bits per heavy atom. The molecule has 8 nitrogen and oxygen atoms in total. The fourth-order valence-corrected chi connectivity index (χ4v) is 4.12. The number of carbonyl (C=O) groups is 1. The summed E-state index contributed by atoms with van der Waals surface area (Å²) in [4.78, 5) is 21.1. The van der Waals surface area contributed by atoms with Gasteiger partial charge in [-0.2, -0.15) is 5.10 Å². The van der Waals surface area contributed by atoms with E-state index >= 15 is 0 Å². The smallest absolute Gasteiger partial charge is 0.320 e. The minimum atomic E-state index is 0.0865. The van der Waals surface area contributed by atoms with Gasteiger partial charge in [0.1, 0.15) is 0 Å². The van der Waals surface area contributed by atoms with Crippen molar-refractivity contribution < 1.29 is 9.53 Å². The van der Waals surface area contributed by atoms with Gasteiger partial charge in [0, 0.05) is 57.2 Å². The van der Waals surface area contributed by atoms with Gasteiger partial charge < -0.3 is 19.9 Å². The lowest BCUT2D eigenvalue weighted by molar-refractivity contribution is 0.0904. The van der Waals surface area contributed by atoms with Gasteiger partial charge in [-0.25, -0.2) is 14.5 Å². The van der Waals surface area contributed by atoms with E-state index in [-0.39, 0.29) is 6.03 Å². The minimum Gasteiger partial charge on any atom is -0.381 e. The van der Waals surface area contributed by atoms with E-state index in [1.165, 1.54) is 0 Å². The molecule has 0 atom stereocenters. The first-order valence-electron chi connectivity index (χ1n) is 10.3. The van der Waals surface area contributed by atoms with Crippen LogP contribution >= 0.6 is 0 Å². The van der Waals surface area contributed by atoms with Crippen molar-refractivity contribution in [2.75, 3.05) is 38.7 Å². The third kappa shape index (κ3) is 3.41. The summed E-state index contributed by atoms with van der Waals surface area (Å²) in [5, 5.41) is 9.37. The molecule has 0 radical (unpaired) electrons. The van der Waals surface area contributed by atoms with Crippen LogP contribution in [0.25, 0.3) is 11.0 Å². The zero-order valence-electron chi connectivity index (χ0n) is 17.1. The summed E-state index contributed by atoms with van der Waals surface area (Å²) in [5.41, 5.74) is 4.18. The van der Waals surface area contributed by atoms with Crippen LogP contribution in [0.4, 0.5) is 10.5 Å². The summed E-state index contributed by atoms with van der Waals surface area (Å²) in [6.45, 7) is 8.66. The van der Waals surface area contributed by atoms with Crippen LogP contribution in [0.5, 0.6) is 0 Å². The van der Waals surface area contributed by atoms with E-state index < -0.39 is 0 Å². The van der Waals surface area contributed by atoms with Gasteiger partial charge in [0.05, 0.1) is 23.8 Å². The third-order valence-electron chi connectivity index (χ3n) is 5.83. The molecule has 8 heteroatoms. The van der Waals surface area contributed by atoms with Crippen molar-refractivity contribution in [3.63, 3.8) is 0 Å². The van der Waals surface area contributed by atoms with Crippen molar-refractivity contribution in [2.24, 2.45) is 0 Å². The minimum absolute atomic E-state index is 0.0865. The lowest BCUT2D eigenvalue weighted by Crippen LogP contribution is -2.31. The fraction of sp³-hybridized carbons (Fsp3) is 0.650. The van der Waals surface area contributed by atoms with Gasteiger partial charge in [-0.15, -0.1) is 0 Å². The molecule has 1 N–H and O–H groups in total.